The molecule has 0 saturated carbocycles. The average molecular weight is 329 g/mol. The zero-order valence-electron chi connectivity index (χ0n) is 14.2. The summed E-state index contributed by atoms with van der Waals surface area (Å²) in [6.45, 7) is 4.40. The van der Waals surface area contributed by atoms with E-state index in [1.807, 2.05) is 49.2 Å². The minimum Gasteiger partial charge on any atom is -0.395 e. The van der Waals surface area contributed by atoms with Crippen LogP contribution < -0.4 is 10.2 Å². The normalized spacial score (nSPS) is 11.8. The Morgan fingerprint density at radius 3 is 2.50 bits per heavy atom. The largest absolute Gasteiger partial charge is 0.395 e. The molecule has 1 unspecified atom stereocenters. The van der Waals surface area contributed by atoms with Crippen LogP contribution in [0.3, 0.4) is 0 Å². The number of anilines is 2. The van der Waals surface area contributed by atoms with Gasteiger partial charge in [-0.1, -0.05) is 12.1 Å². The lowest BCUT2D eigenvalue weighted by Gasteiger charge is -2.20. The molecule has 2 aromatic carbocycles. The molecule has 0 spiro atoms. The molecule has 0 bridgehead atoms. The molecule has 1 atom stereocenters. The van der Waals surface area contributed by atoms with Crippen molar-refractivity contribution in [3.8, 4) is 0 Å². The van der Waals surface area contributed by atoms with E-state index in [1.165, 1.54) is 0 Å². The molecule has 0 radical (unpaired) electrons. The molecule has 2 aromatic rings. The van der Waals surface area contributed by atoms with Crippen LogP contribution in [0.4, 0.5) is 17.1 Å². The summed E-state index contributed by atoms with van der Waals surface area (Å²) < 4.78 is 0. The van der Waals surface area contributed by atoms with Gasteiger partial charge < -0.3 is 15.3 Å². The lowest BCUT2D eigenvalue weighted by molar-refractivity contribution is -0.385. The van der Waals surface area contributed by atoms with Crippen molar-refractivity contribution in [2.45, 2.75) is 19.9 Å². The Labute approximate surface area is 141 Å². The number of aliphatic hydroxyl groups excluding tert-OH is 1. The van der Waals surface area contributed by atoms with Crippen molar-refractivity contribution in [2.24, 2.45) is 0 Å². The topological polar surface area (TPSA) is 78.6 Å². The van der Waals surface area contributed by atoms with Gasteiger partial charge in [-0.25, -0.2) is 0 Å². The van der Waals surface area contributed by atoms with Crippen molar-refractivity contribution in [3.05, 3.63) is 63.7 Å². The second-order valence-corrected chi connectivity index (χ2v) is 5.86. The summed E-state index contributed by atoms with van der Waals surface area (Å²) in [4.78, 5) is 12.7. The van der Waals surface area contributed by atoms with Crippen LogP contribution in [0.5, 0.6) is 0 Å². The van der Waals surface area contributed by atoms with E-state index >= 15 is 0 Å². The molecule has 6 nitrogen and oxygen atoms in total. The second kappa shape index (κ2) is 7.79. The summed E-state index contributed by atoms with van der Waals surface area (Å²) in [7, 11) is 1.92. The molecule has 0 aromatic heterocycles. The smallest absolute Gasteiger partial charge is 0.272 e. The molecule has 0 fully saturated rings. The number of hydrogen-bond acceptors (Lipinski definition) is 5. The predicted molar refractivity (Wildman–Crippen MR) is 96.7 cm³/mol. The summed E-state index contributed by atoms with van der Waals surface area (Å²) >= 11 is 0. The molecule has 0 saturated heterocycles. The molecular formula is C18H23N3O3. The standard InChI is InChI=1S/C18H23N3O3/c1-13-4-5-15(12-18(13)21(23)24)14(2)19-16-6-8-17(9-7-16)20(3)10-11-22/h4-9,12,14,19,22H,10-11H2,1-3H3. The Morgan fingerprint density at radius 1 is 1.25 bits per heavy atom. The van der Waals surface area contributed by atoms with Crippen LogP contribution in [0.25, 0.3) is 0 Å². The van der Waals surface area contributed by atoms with Gasteiger partial charge in [-0.3, -0.25) is 10.1 Å². The van der Waals surface area contributed by atoms with Crippen molar-refractivity contribution < 1.29 is 10.0 Å². The third kappa shape index (κ3) is 4.23. The Kier molecular flexibility index (Phi) is 5.76. The number of nitro groups is 1. The molecule has 24 heavy (non-hydrogen) atoms. The molecule has 0 heterocycles. The van der Waals surface area contributed by atoms with Crippen molar-refractivity contribution >= 4 is 17.1 Å². The molecule has 0 amide bonds. The molecule has 0 aliphatic heterocycles. The maximum absolute atomic E-state index is 11.1. The highest BCUT2D eigenvalue weighted by Gasteiger charge is 2.14. The molecule has 128 valence electrons. The van der Waals surface area contributed by atoms with Crippen LogP contribution in [0.15, 0.2) is 42.5 Å². The molecule has 2 N–H and O–H groups in total. The average Bonchev–Trinajstić information content (AvgIpc) is 2.55. The number of nitro benzene ring substituents is 1. The maximum atomic E-state index is 11.1. The van der Waals surface area contributed by atoms with E-state index in [9.17, 15) is 10.1 Å². The minimum absolute atomic E-state index is 0.0506. The van der Waals surface area contributed by atoms with Crippen LogP contribution in [0, 0.1) is 17.0 Å². The number of aliphatic hydroxyl groups is 1. The Hall–Kier alpha value is -2.60. The van der Waals surface area contributed by atoms with Crippen LogP contribution in [-0.2, 0) is 0 Å². The summed E-state index contributed by atoms with van der Waals surface area (Å²) in [5.74, 6) is 0. The Bertz CT molecular complexity index is 701. The number of likely N-dealkylation sites (N-methyl/N-ethyl adjacent to an activating group) is 1. The number of rotatable bonds is 7. The van der Waals surface area contributed by atoms with Crippen LogP contribution in [0.2, 0.25) is 0 Å². The first-order valence-corrected chi connectivity index (χ1v) is 7.86. The summed E-state index contributed by atoms with van der Waals surface area (Å²) in [6.07, 6.45) is 0. The molecular weight excluding hydrogens is 306 g/mol. The first kappa shape index (κ1) is 17.7. The van der Waals surface area contributed by atoms with Crippen LogP contribution in [0.1, 0.15) is 24.1 Å². The van der Waals surface area contributed by atoms with Crippen molar-refractivity contribution in [1.82, 2.24) is 0 Å². The van der Waals surface area contributed by atoms with Gasteiger partial charge in [0.2, 0.25) is 0 Å². The first-order chi connectivity index (χ1) is 11.4. The van der Waals surface area contributed by atoms with Gasteiger partial charge in [-0.15, -0.1) is 0 Å². The zero-order chi connectivity index (χ0) is 17.7. The van der Waals surface area contributed by atoms with Gasteiger partial charge in [0, 0.05) is 42.6 Å². The summed E-state index contributed by atoms with van der Waals surface area (Å²) in [6, 6.07) is 13.1. The number of nitrogens with zero attached hydrogens (tertiary/aromatic N) is 2. The van der Waals surface area contributed by atoms with Gasteiger partial charge in [-0.2, -0.15) is 0 Å². The van der Waals surface area contributed by atoms with E-state index in [4.69, 9.17) is 5.11 Å². The van der Waals surface area contributed by atoms with E-state index in [2.05, 4.69) is 5.32 Å². The molecule has 0 aliphatic carbocycles. The molecule has 2 rings (SSSR count). The van der Waals surface area contributed by atoms with E-state index in [-0.39, 0.29) is 23.3 Å². The first-order valence-electron chi connectivity index (χ1n) is 7.86. The van der Waals surface area contributed by atoms with Gasteiger partial charge in [0.15, 0.2) is 0 Å². The van der Waals surface area contributed by atoms with Crippen molar-refractivity contribution in [2.75, 3.05) is 30.4 Å². The fraction of sp³-hybridized carbons (Fsp3) is 0.333. The SMILES string of the molecule is Cc1ccc(C(C)Nc2ccc(N(C)CCO)cc2)cc1[N+](=O)[O-]. The lowest BCUT2D eigenvalue weighted by atomic mass is 10.0. The summed E-state index contributed by atoms with van der Waals surface area (Å²) in [5.41, 5.74) is 3.63. The highest BCUT2D eigenvalue weighted by molar-refractivity contribution is 5.56. The predicted octanol–water partition coefficient (Wildman–Crippen LogP) is 3.50. The van der Waals surface area contributed by atoms with Crippen LogP contribution in [-0.4, -0.2) is 30.2 Å². The number of benzene rings is 2. The van der Waals surface area contributed by atoms with Crippen molar-refractivity contribution in [1.29, 1.82) is 0 Å². The second-order valence-electron chi connectivity index (χ2n) is 5.86. The van der Waals surface area contributed by atoms with E-state index in [0.29, 0.717) is 12.1 Å². The highest BCUT2D eigenvalue weighted by Crippen LogP contribution is 2.26. The number of hydrogen-bond donors (Lipinski definition) is 2. The number of nitrogens with one attached hydrogen (secondary N) is 1. The Morgan fingerprint density at radius 2 is 1.92 bits per heavy atom. The fourth-order valence-corrected chi connectivity index (χ4v) is 2.52. The monoisotopic (exact) mass is 329 g/mol. The lowest BCUT2D eigenvalue weighted by Crippen LogP contribution is -2.20. The fourth-order valence-electron chi connectivity index (χ4n) is 2.52. The van der Waals surface area contributed by atoms with Gasteiger partial charge >= 0.3 is 0 Å². The van der Waals surface area contributed by atoms with Gasteiger partial charge in [-0.05, 0) is 43.7 Å². The van der Waals surface area contributed by atoms with Crippen LogP contribution >= 0.6 is 0 Å². The highest BCUT2D eigenvalue weighted by atomic mass is 16.6. The number of aryl methyl sites for hydroxylation is 1. The summed E-state index contributed by atoms with van der Waals surface area (Å²) in [5, 5.41) is 23.4. The quantitative estimate of drug-likeness (QED) is 0.600. The van der Waals surface area contributed by atoms with Gasteiger partial charge in [0.25, 0.3) is 5.69 Å². The van der Waals surface area contributed by atoms with Crippen molar-refractivity contribution in [3.63, 3.8) is 0 Å². The Balaban J connectivity index is 2.11. The molecule has 6 heteroatoms. The van der Waals surface area contributed by atoms with Gasteiger partial charge in [0.1, 0.15) is 0 Å². The van der Waals surface area contributed by atoms with E-state index in [0.717, 1.165) is 16.9 Å². The maximum Gasteiger partial charge on any atom is 0.272 e. The van der Waals surface area contributed by atoms with Gasteiger partial charge in [0.05, 0.1) is 11.5 Å². The zero-order valence-corrected chi connectivity index (χ0v) is 14.2. The minimum atomic E-state index is -0.350. The van der Waals surface area contributed by atoms with E-state index in [1.54, 1.807) is 19.1 Å². The van der Waals surface area contributed by atoms with E-state index < -0.39 is 0 Å². The third-order valence-electron chi connectivity index (χ3n) is 4.06. The third-order valence-corrected chi connectivity index (χ3v) is 4.06. The molecule has 0 aliphatic rings.